The van der Waals surface area contributed by atoms with Crippen molar-refractivity contribution in [2.24, 2.45) is 0 Å². The molecule has 0 aliphatic carbocycles. The molecule has 5 heteroatoms. The maximum Gasteiger partial charge on any atom is 0.133 e. The lowest BCUT2D eigenvalue weighted by Crippen LogP contribution is -2.47. The van der Waals surface area contributed by atoms with Crippen LogP contribution in [0.3, 0.4) is 0 Å². The molecule has 1 aliphatic rings. The number of halogens is 2. The van der Waals surface area contributed by atoms with Crippen LogP contribution in [0.15, 0.2) is 42.6 Å². The van der Waals surface area contributed by atoms with Crippen LogP contribution in [0.5, 0.6) is 0 Å². The maximum atomic E-state index is 6.07. The molecule has 110 valence electrons. The number of benzene rings is 1. The zero-order valence-corrected chi connectivity index (χ0v) is 13.2. The highest BCUT2D eigenvalue weighted by atomic mass is 35.5. The summed E-state index contributed by atoms with van der Waals surface area (Å²) in [5, 5.41) is 0.782. The Morgan fingerprint density at radius 1 is 1.00 bits per heavy atom. The Morgan fingerprint density at radius 3 is 2.48 bits per heavy atom. The van der Waals surface area contributed by atoms with Crippen molar-refractivity contribution in [2.75, 3.05) is 36.0 Å². The lowest BCUT2D eigenvalue weighted by atomic mass is 10.2. The normalized spacial score (nSPS) is 15.3. The Bertz CT molecular complexity index is 610. The number of pyridine rings is 1. The van der Waals surface area contributed by atoms with Gasteiger partial charge in [-0.1, -0.05) is 23.7 Å². The topological polar surface area (TPSA) is 19.4 Å². The smallest absolute Gasteiger partial charge is 0.133 e. The first-order chi connectivity index (χ1) is 10.3. The van der Waals surface area contributed by atoms with Crippen molar-refractivity contribution in [3.8, 4) is 0 Å². The van der Waals surface area contributed by atoms with Gasteiger partial charge in [0.25, 0.3) is 0 Å². The van der Waals surface area contributed by atoms with Gasteiger partial charge in [-0.2, -0.15) is 0 Å². The molecular formula is C16H17Cl2N3. The summed E-state index contributed by atoms with van der Waals surface area (Å²) < 4.78 is 0. The number of anilines is 2. The Hall–Kier alpha value is -1.45. The van der Waals surface area contributed by atoms with Gasteiger partial charge in [-0.25, -0.2) is 4.98 Å². The monoisotopic (exact) mass is 321 g/mol. The number of aromatic nitrogens is 1. The maximum absolute atomic E-state index is 6.07. The summed E-state index contributed by atoms with van der Waals surface area (Å²) >= 11 is 12.1. The molecule has 1 aliphatic heterocycles. The van der Waals surface area contributed by atoms with E-state index >= 15 is 0 Å². The van der Waals surface area contributed by atoms with Crippen molar-refractivity contribution >= 4 is 34.7 Å². The van der Waals surface area contributed by atoms with Crippen molar-refractivity contribution in [1.29, 1.82) is 0 Å². The largest absolute Gasteiger partial charge is 0.368 e. The fraction of sp³-hybridized carbons (Fsp3) is 0.312. The number of piperazine rings is 1. The number of nitrogens with zero attached hydrogens (tertiary/aromatic N) is 3. The van der Waals surface area contributed by atoms with Gasteiger partial charge in [-0.05, 0) is 24.3 Å². The molecule has 0 N–H and O–H groups in total. The summed E-state index contributed by atoms with van der Waals surface area (Å²) in [7, 11) is 0. The van der Waals surface area contributed by atoms with Crippen LogP contribution in [0, 0.1) is 0 Å². The molecule has 0 unspecified atom stereocenters. The van der Waals surface area contributed by atoms with E-state index in [1.807, 2.05) is 36.5 Å². The second-order valence-electron chi connectivity index (χ2n) is 5.07. The molecule has 21 heavy (non-hydrogen) atoms. The molecule has 0 amide bonds. The van der Waals surface area contributed by atoms with Crippen LogP contribution in [-0.2, 0) is 5.88 Å². The van der Waals surface area contributed by atoms with Gasteiger partial charge in [-0.15, -0.1) is 11.6 Å². The van der Waals surface area contributed by atoms with Crippen molar-refractivity contribution in [1.82, 2.24) is 4.98 Å². The van der Waals surface area contributed by atoms with Crippen molar-refractivity contribution in [3.63, 3.8) is 0 Å². The molecule has 0 bridgehead atoms. The number of rotatable bonds is 3. The lowest BCUT2D eigenvalue weighted by molar-refractivity contribution is 0.646. The molecule has 3 nitrogen and oxygen atoms in total. The molecule has 0 radical (unpaired) electrons. The molecule has 1 aromatic heterocycles. The van der Waals surface area contributed by atoms with E-state index in [4.69, 9.17) is 23.2 Å². The van der Waals surface area contributed by atoms with E-state index in [2.05, 4.69) is 20.9 Å². The van der Waals surface area contributed by atoms with Gasteiger partial charge in [0.2, 0.25) is 0 Å². The SMILES string of the molecule is ClCc1cccnc1N1CCN(c2cccc(Cl)c2)CC1. The van der Waals surface area contributed by atoms with E-state index in [0.717, 1.165) is 42.6 Å². The van der Waals surface area contributed by atoms with Crippen LogP contribution < -0.4 is 9.80 Å². The van der Waals surface area contributed by atoms with Crippen molar-refractivity contribution in [2.45, 2.75) is 5.88 Å². The highest BCUT2D eigenvalue weighted by molar-refractivity contribution is 6.30. The minimum absolute atomic E-state index is 0.498. The molecule has 2 aromatic rings. The van der Waals surface area contributed by atoms with Gasteiger partial charge in [0.1, 0.15) is 5.82 Å². The standard InChI is InChI=1S/C16H17Cl2N3/c17-12-13-3-2-6-19-16(13)21-9-7-20(8-10-21)15-5-1-4-14(18)11-15/h1-6,11H,7-10,12H2. The van der Waals surface area contributed by atoms with Crippen LogP contribution in [-0.4, -0.2) is 31.2 Å². The van der Waals surface area contributed by atoms with E-state index < -0.39 is 0 Å². The van der Waals surface area contributed by atoms with Crippen molar-refractivity contribution in [3.05, 3.63) is 53.2 Å². The van der Waals surface area contributed by atoms with E-state index in [1.54, 1.807) is 0 Å². The third-order valence-electron chi connectivity index (χ3n) is 3.76. The summed E-state index contributed by atoms with van der Waals surface area (Å²) in [4.78, 5) is 9.14. The zero-order chi connectivity index (χ0) is 14.7. The quantitative estimate of drug-likeness (QED) is 0.801. The Balaban J connectivity index is 1.70. The fourth-order valence-electron chi connectivity index (χ4n) is 2.67. The first-order valence-electron chi connectivity index (χ1n) is 7.03. The third kappa shape index (κ3) is 3.25. The minimum Gasteiger partial charge on any atom is -0.368 e. The van der Waals surface area contributed by atoms with Gasteiger partial charge in [-0.3, -0.25) is 0 Å². The minimum atomic E-state index is 0.498. The van der Waals surface area contributed by atoms with Crippen LogP contribution in [0.4, 0.5) is 11.5 Å². The van der Waals surface area contributed by atoms with Crippen molar-refractivity contribution < 1.29 is 0 Å². The van der Waals surface area contributed by atoms with Gasteiger partial charge in [0, 0.05) is 48.6 Å². The summed E-state index contributed by atoms with van der Waals surface area (Å²) in [5.41, 5.74) is 2.27. The molecular weight excluding hydrogens is 305 g/mol. The second kappa shape index (κ2) is 6.54. The molecule has 0 saturated carbocycles. The summed E-state index contributed by atoms with van der Waals surface area (Å²) in [6.45, 7) is 3.79. The first-order valence-corrected chi connectivity index (χ1v) is 7.94. The van der Waals surface area contributed by atoms with Gasteiger partial charge >= 0.3 is 0 Å². The van der Waals surface area contributed by atoms with Crippen LogP contribution >= 0.6 is 23.2 Å². The highest BCUT2D eigenvalue weighted by Gasteiger charge is 2.20. The molecule has 1 aromatic carbocycles. The summed E-state index contributed by atoms with van der Waals surface area (Å²) in [6, 6.07) is 12.0. The average Bonchev–Trinajstić information content (AvgIpc) is 2.55. The molecule has 1 fully saturated rings. The number of alkyl halides is 1. The van der Waals surface area contributed by atoms with Crippen LogP contribution in [0.1, 0.15) is 5.56 Å². The van der Waals surface area contributed by atoms with Gasteiger partial charge < -0.3 is 9.80 Å². The van der Waals surface area contributed by atoms with Gasteiger partial charge in [0.15, 0.2) is 0 Å². The van der Waals surface area contributed by atoms with Crippen LogP contribution in [0.25, 0.3) is 0 Å². The van der Waals surface area contributed by atoms with E-state index in [1.165, 1.54) is 5.69 Å². The Morgan fingerprint density at radius 2 is 1.76 bits per heavy atom. The second-order valence-corrected chi connectivity index (χ2v) is 5.78. The van der Waals surface area contributed by atoms with E-state index in [9.17, 15) is 0 Å². The summed E-state index contributed by atoms with van der Waals surface area (Å²) in [5.74, 6) is 1.51. The third-order valence-corrected chi connectivity index (χ3v) is 4.29. The number of hydrogen-bond donors (Lipinski definition) is 0. The van der Waals surface area contributed by atoms with E-state index in [0.29, 0.717) is 5.88 Å². The van der Waals surface area contributed by atoms with Gasteiger partial charge in [0.05, 0.1) is 5.88 Å². The molecule has 2 heterocycles. The highest BCUT2D eigenvalue weighted by Crippen LogP contribution is 2.24. The molecule has 3 rings (SSSR count). The lowest BCUT2D eigenvalue weighted by Gasteiger charge is -2.37. The molecule has 0 atom stereocenters. The first kappa shape index (κ1) is 14.5. The Kier molecular flexibility index (Phi) is 4.51. The number of hydrogen-bond acceptors (Lipinski definition) is 3. The van der Waals surface area contributed by atoms with E-state index in [-0.39, 0.29) is 0 Å². The zero-order valence-electron chi connectivity index (χ0n) is 11.7. The predicted octanol–water partition coefficient (Wildman–Crippen LogP) is 3.80. The molecule has 0 spiro atoms. The molecule has 1 saturated heterocycles. The fourth-order valence-corrected chi connectivity index (χ4v) is 3.06. The predicted molar refractivity (Wildman–Crippen MR) is 89.7 cm³/mol. The Labute approximate surface area is 135 Å². The summed E-state index contributed by atoms with van der Waals surface area (Å²) in [6.07, 6.45) is 1.83. The average molecular weight is 322 g/mol. The van der Waals surface area contributed by atoms with Crippen LogP contribution in [0.2, 0.25) is 5.02 Å².